The third-order valence-corrected chi connectivity index (χ3v) is 4.15. The molecule has 9 heteroatoms. The summed E-state index contributed by atoms with van der Waals surface area (Å²) in [5.41, 5.74) is 2.20. The fraction of sp³-hybridized carbons (Fsp3) is 0.556. The van der Waals surface area contributed by atoms with Crippen LogP contribution in [0.1, 0.15) is 38.8 Å². The first-order valence-electron chi connectivity index (χ1n) is 8.76. The van der Waals surface area contributed by atoms with Crippen LogP contribution < -0.4 is 4.74 Å². The second kappa shape index (κ2) is 12.2. The largest absolute Gasteiger partial charge is 0.478 e. The highest BCUT2D eigenvalue weighted by Crippen LogP contribution is 2.27. The third kappa shape index (κ3) is 9.86. The number of carboxylic acids is 2. The number of carbonyl (C=O) groups is 2. The van der Waals surface area contributed by atoms with Gasteiger partial charge in [-0.1, -0.05) is 19.9 Å². The van der Waals surface area contributed by atoms with Crippen LogP contribution in [-0.4, -0.2) is 62.5 Å². The van der Waals surface area contributed by atoms with Gasteiger partial charge in [0.25, 0.3) is 5.88 Å². The molecule has 1 aliphatic heterocycles. The van der Waals surface area contributed by atoms with E-state index in [4.69, 9.17) is 14.9 Å². The van der Waals surface area contributed by atoms with Gasteiger partial charge in [-0.25, -0.2) is 9.59 Å². The molecule has 2 N–H and O–H groups in total. The summed E-state index contributed by atoms with van der Waals surface area (Å²) >= 11 is 1.24. The van der Waals surface area contributed by atoms with Crippen molar-refractivity contribution in [1.82, 2.24) is 13.6 Å². The maximum absolute atomic E-state index is 9.55. The van der Waals surface area contributed by atoms with E-state index in [1.54, 1.807) is 0 Å². The maximum atomic E-state index is 9.55. The van der Waals surface area contributed by atoms with Crippen molar-refractivity contribution < 1.29 is 24.5 Å². The molecule has 1 aromatic rings. The molecule has 0 radical (unpaired) electrons. The van der Waals surface area contributed by atoms with E-state index in [9.17, 15) is 9.59 Å². The fourth-order valence-electron chi connectivity index (χ4n) is 2.34. The molecule has 0 aliphatic carbocycles. The molecule has 0 amide bonds. The summed E-state index contributed by atoms with van der Waals surface area (Å²) in [7, 11) is 2.13. The lowest BCUT2D eigenvalue weighted by Crippen LogP contribution is -2.25. The van der Waals surface area contributed by atoms with E-state index < -0.39 is 11.9 Å². The summed E-state index contributed by atoms with van der Waals surface area (Å²) in [4.78, 5) is 21.4. The Kier molecular flexibility index (Phi) is 10.3. The first-order valence-corrected chi connectivity index (χ1v) is 9.49. The second-order valence-corrected chi connectivity index (χ2v) is 7.10. The molecule has 150 valence electrons. The van der Waals surface area contributed by atoms with Crippen LogP contribution in [0.15, 0.2) is 18.2 Å². The molecule has 0 fully saturated rings. The van der Waals surface area contributed by atoms with Gasteiger partial charge in [0, 0.05) is 25.2 Å². The van der Waals surface area contributed by atoms with E-state index in [2.05, 4.69) is 40.6 Å². The first kappa shape index (κ1) is 22.8. The van der Waals surface area contributed by atoms with Crippen molar-refractivity contribution in [3.05, 3.63) is 23.9 Å². The van der Waals surface area contributed by atoms with E-state index in [0.717, 1.165) is 50.0 Å². The summed E-state index contributed by atoms with van der Waals surface area (Å²) < 4.78 is 14.5. The average molecular weight is 397 g/mol. The quantitative estimate of drug-likeness (QED) is 0.509. The van der Waals surface area contributed by atoms with Gasteiger partial charge in [0.1, 0.15) is 5.69 Å². The molecular weight excluding hydrogens is 370 g/mol. The molecule has 8 nitrogen and oxygen atoms in total. The zero-order valence-corrected chi connectivity index (χ0v) is 16.7. The molecule has 2 heterocycles. The van der Waals surface area contributed by atoms with Crippen LogP contribution in [-0.2, 0) is 9.59 Å². The predicted molar refractivity (Wildman–Crippen MR) is 104 cm³/mol. The zero-order chi connectivity index (χ0) is 20.2. The molecule has 27 heavy (non-hydrogen) atoms. The number of aromatic nitrogens is 2. The highest BCUT2D eigenvalue weighted by Gasteiger charge is 2.18. The number of aliphatic carboxylic acids is 2. The minimum atomic E-state index is -1.26. The summed E-state index contributed by atoms with van der Waals surface area (Å²) in [6.07, 6.45) is 6.73. The average Bonchev–Trinajstić information content (AvgIpc) is 3.06. The Morgan fingerprint density at radius 1 is 1.30 bits per heavy atom. The Hall–Kier alpha value is -2.26. The van der Waals surface area contributed by atoms with Gasteiger partial charge >= 0.3 is 11.9 Å². The van der Waals surface area contributed by atoms with Crippen LogP contribution in [0, 0.1) is 5.92 Å². The number of nitrogens with zero attached hydrogens (tertiary/aromatic N) is 3. The minimum Gasteiger partial charge on any atom is -0.478 e. The number of carboxylic acid groups (broad SMARTS) is 2. The second-order valence-electron chi connectivity index (χ2n) is 6.57. The summed E-state index contributed by atoms with van der Waals surface area (Å²) in [5.74, 6) is -1.07. The predicted octanol–water partition coefficient (Wildman–Crippen LogP) is 2.78. The van der Waals surface area contributed by atoms with Crippen LogP contribution in [0.3, 0.4) is 0 Å². The van der Waals surface area contributed by atoms with E-state index >= 15 is 0 Å². The number of rotatable bonds is 8. The van der Waals surface area contributed by atoms with Crippen molar-refractivity contribution in [3.8, 4) is 5.88 Å². The highest BCUT2D eigenvalue weighted by atomic mass is 32.1. The van der Waals surface area contributed by atoms with Crippen LogP contribution in [0.25, 0.3) is 5.57 Å². The van der Waals surface area contributed by atoms with Crippen molar-refractivity contribution in [2.24, 2.45) is 5.92 Å². The number of ether oxygens (including phenoxy) is 1. The monoisotopic (exact) mass is 397 g/mol. The maximum Gasteiger partial charge on any atom is 0.328 e. The highest BCUT2D eigenvalue weighted by molar-refractivity contribution is 6.99. The number of likely N-dealkylation sites (N-methyl/N-ethyl adjacent to an activating group) is 1. The SMILES string of the molecule is CC(C)CCCOc1nsnc1C1=CCCN(C)C1.O=C(O)/C=C\C(=O)O. The normalized spacial score (nSPS) is 14.6. The van der Waals surface area contributed by atoms with Crippen molar-refractivity contribution >= 4 is 29.2 Å². The molecule has 2 rings (SSSR count). The molecule has 0 bridgehead atoms. The van der Waals surface area contributed by atoms with Gasteiger partial charge < -0.3 is 19.8 Å². The van der Waals surface area contributed by atoms with Crippen LogP contribution in [0.2, 0.25) is 0 Å². The third-order valence-electron chi connectivity index (χ3n) is 3.64. The Labute approximate surface area is 163 Å². The molecular formula is C18H27N3O5S. The Morgan fingerprint density at radius 3 is 2.52 bits per heavy atom. The lowest BCUT2D eigenvalue weighted by atomic mass is 10.1. The summed E-state index contributed by atoms with van der Waals surface area (Å²) in [6.45, 7) is 7.26. The van der Waals surface area contributed by atoms with Gasteiger partial charge in [-0.2, -0.15) is 4.37 Å². The van der Waals surface area contributed by atoms with Crippen molar-refractivity contribution in [2.75, 3.05) is 26.7 Å². The van der Waals surface area contributed by atoms with Crippen molar-refractivity contribution in [2.45, 2.75) is 33.1 Å². The van der Waals surface area contributed by atoms with Crippen molar-refractivity contribution in [3.63, 3.8) is 0 Å². The van der Waals surface area contributed by atoms with E-state index in [1.807, 2.05) is 0 Å². The molecule has 0 atom stereocenters. The van der Waals surface area contributed by atoms with Crippen LogP contribution in [0.5, 0.6) is 5.88 Å². The van der Waals surface area contributed by atoms with Crippen molar-refractivity contribution in [1.29, 1.82) is 0 Å². The molecule has 0 spiro atoms. The molecule has 0 saturated carbocycles. The van der Waals surface area contributed by atoms with E-state index in [-0.39, 0.29) is 0 Å². The van der Waals surface area contributed by atoms with Gasteiger partial charge in [-0.05, 0) is 37.8 Å². The van der Waals surface area contributed by atoms with Crippen LogP contribution in [0.4, 0.5) is 0 Å². The smallest absolute Gasteiger partial charge is 0.328 e. The Bertz CT molecular complexity index is 654. The molecule has 1 aromatic heterocycles. The van der Waals surface area contributed by atoms with Gasteiger partial charge in [-0.15, -0.1) is 4.37 Å². The van der Waals surface area contributed by atoms with Gasteiger partial charge in [-0.3, -0.25) is 0 Å². The Morgan fingerprint density at radius 2 is 1.96 bits per heavy atom. The van der Waals surface area contributed by atoms with Gasteiger partial charge in [0.2, 0.25) is 0 Å². The molecule has 0 saturated heterocycles. The minimum absolute atomic E-state index is 0.558. The van der Waals surface area contributed by atoms with Gasteiger partial charge in [0.15, 0.2) is 0 Å². The lowest BCUT2D eigenvalue weighted by Gasteiger charge is -2.22. The number of hydrogen-bond acceptors (Lipinski definition) is 7. The fourth-order valence-corrected chi connectivity index (χ4v) is 2.87. The van der Waals surface area contributed by atoms with E-state index in [0.29, 0.717) is 12.2 Å². The lowest BCUT2D eigenvalue weighted by molar-refractivity contribution is -0.134. The zero-order valence-electron chi connectivity index (χ0n) is 15.9. The topological polar surface area (TPSA) is 113 Å². The molecule has 0 aromatic carbocycles. The molecule has 0 unspecified atom stereocenters. The summed E-state index contributed by atoms with van der Waals surface area (Å²) in [6, 6.07) is 0. The standard InChI is InChI=1S/C14H23N3OS.C4H4O4/c1-11(2)6-5-9-18-14-13(15-19-16-14)12-7-4-8-17(3)10-12;5-3(6)1-2-4(7)8/h7,11H,4-6,8-10H2,1-3H3;1-2H,(H,5,6)(H,7,8)/b;2-1-. The molecule has 1 aliphatic rings. The Balaban J connectivity index is 0.000000387. The number of hydrogen-bond donors (Lipinski definition) is 2. The first-order chi connectivity index (χ1) is 12.8. The van der Waals surface area contributed by atoms with Crippen LogP contribution >= 0.6 is 11.7 Å². The van der Waals surface area contributed by atoms with E-state index in [1.165, 1.54) is 23.7 Å². The van der Waals surface area contributed by atoms with Gasteiger partial charge in [0.05, 0.1) is 18.3 Å². The summed E-state index contributed by atoms with van der Waals surface area (Å²) in [5, 5.41) is 15.6.